The van der Waals surface area contributed by atoms with E-state index in [1.165, 1.54) is 12.8 Å². The Balaban J connectivity index is 2.05. The first-order valence-electron chi connectivity index (χ1n) is 8.94. The van der Waals surface area contributed by atoms with Crippen LogP contribution in [-0.4, -0.2) is 17.5 Å². The number of ether oxygens (including phenoxy) is 1. The summed E-state index contributed by atoms with van der Waals surface area (Å²) in [5, 5.41) is 1.01. The van der Waals surface area contributed by atoms with Crippen molar-refractivity contribution in [1.29, 1.82) is 0 Å². The Bertz CT molecular complexity index is 879. The molecule has 1 heterocycles. The van der Waals surface area contributed by atoms with Gasteiger partial charge >= 0.3 is 0 Å². The first-order chi connectivity index (χ1) is 12.2. The molecule has 0 aliphatic carbocycles. The summed E-state index contributed by atoms with van der Waals surface area (Å²) in [5.41, 5.74) is 2.54. The van der Waals surface area contributed by atoms with E-state index in [0.29, 0.717) is 17.4 Å². The van der Waals surface area contributed by atoms with Crippen LogP contribution >= 0.6 is 0 Å². The van der Waals surface area contributed by atoms with Crippen LogP contribution in [0.3, 0.4) is 0 Å². The van der Waals surface area contributed by atoms with E-state index < -0.39 is 0 Å². The number of nitrogens with zero attached hydrogens (tertiary/aromatic N) is 1. The summed E-state index contributed by atoms with van der Waals surface area (Å²) < 4.78 is 7.51. The van der Waals surface area contributed by atoms with Gasteiger partial charge in [-0.05, 0) is 31.5 Å². The molecule has 25 heavy (non-hydrogen) atoms. The van der Waals surface area contributed by atoms with Crippen molar-refractivity contribution in [3.8, 4) is 5.75 Å². The molecular weight excluding hydrogens is 310 g/mol. The third kappa shape index (κ3) is 3.46. The van der Waals surface area contributed by atoms with Crippen LogP contribution in [0, 0.1) is 0 Å². The minimum Gasteiger partial charge on any atom is -0.497 e. The molecule has 0 saturated carbocycles. The molecule has 0 amide bonds. The monoisotopic (exact) mass is 335 g/mol. The number of unbranched alkanes of at least 4 members (excludes halogenated alkanes) is 1. The Morgan fingerprint density at radius 2 is 1.96 bits per heavy atom. The van der Waals surface area contributed by atoms with Crippen LogP contribution in [-0.2, 0) is 0 Å². The molecule has 3 heteroatoms. The summed E-state index contributed by atoms with van der Waals surface area (Å²) in [7, 11) is 1.62. The standard InChI is InChI=1S/C22H25NO2/c1-4-5-9-16(2)23-15-20(19-12-6-7-13-21(19)23)22(24)17-10-8-11-18(14-17)25-3/h6-8,10-16H,4-5,9H2,1-3H3. The minimum absolute atomic E-state index is 0.0385. The average Bonchev–Trinajstić information content (AvgIpc) is 3.05. The Hall–Kier alpha value is -2.55. The molecule has 3 aromatic rings. The molecular formula is C22H25NO2. The highest BCUT2D eigenvalue weighted by atomic mass is 16.5. The maximum absolute atomic E-state index is 13.1. The van der Waals surface area contributed by atoms with Gasteiger partial charge in [0.15, 0.2) is 5.78 Å². The topological polar surface area (TPSA) is 31.2 Å². The Morgan fingerprint density at radius 1 is 1.16 bits per heavy atom. The van der Waals surface area contributed by atoms with Crippen LogP contribution < -0.4 is 4.74 Å². The molecule has 0 radical (unpaired) electrons. The van der Waals surface area contributed by atoms with Gasteiger partial charge in [-0.25, -0.2) is 0 Å². The highest BCUT2D eigenvalue weighted by Gasteiger charge is 2.19. The average molecular weight is 335 g/mol. The lowest BCUT2D eigenvalue weighted by Gasteiger charge is -2.14. The summed E-state index contributed by atoms with van der Waals surface area (Å²) >= 11 is 0. The molecule has 2 aromatic carbocycles. The molecule has 1 atom stereocenters. The number of hydrogen-bond acceptors (Lipinski definition) is 2. The number of para-hydroxylation sites is 1. The third-order valence-electron chi connectivity index (χ3n) is 4.77. The van der Waals surface area contributed by atoms with Crippen LogP contribution in [0.5, 0.6) is 5.75 Å². The highest BCUT2D eigenvalue weighted by Crippen LogP contribution is 2.29. The van der Waals surface area contributed by atoms with E-state index in [0.717, 1.165) is 22.9 Å². The predicted octanol–water partition coefficient (Wildman–Crippen LogP) is 5.63. The number of aromatic nitrogens is 1. The van der Waals surface area contributed by atoms with Gasteiger partial charge in [0.25, 0.3) is 0 Å². The first-order valence-corrected chi connectivity index (χ1v) is 8.94. The molecule has 3 rings (SSSR count). The number of carbonyl (C=O) groups excluding carboxylic acids is 1. The van der Waals surface area contributed by atoms with Gasteiger partial charge < -0.3 is 9.30 Å². The predicted molar refractivity (Wildman–Crippen MR) is 103 cm³/mol. The second-order valence-electron chi connectivity index (χ2n) is 6.52. The van der Waals surface area contributed by atoms with Crippen molar-refractivity contribution in [2.75, 3.05) is 7.11 Å². The Kier molecular flexibility index (Phi) is 5.22. The molecule has 0 saturated heterocycles. The maximum Gasteiger partial charge on any atom is 0.195 e. The van der Waals surface area contributed by atoms with Gasteiger partial charge in [-0.1, -0.05) is 50.1 Å². The normalized spacial score (nSPS) is 12.3. The van der Waals surface area contributed by atoms with E-state index in [4.69, 9.17) is 4.74 Å². The molecule has 0 bridgehead atoms. The number of benzene rings is 2. The molecule has 0 aliphatic heterocycles. The fourth-order valence-corrected chi connectivity index (χ4v) is 3.31. The van der Waals surface area contributed by atoms with Gasteiger partial charge in [0.05, 0.1) is 7.11 Å². The molecule has 130 valence electrons. The van der Waals surface area contributed by atoms with E-state index in [1.807, 2.05) is 42.6 Å². The van der Waals surface area contributed by atoms with E-state index in [-0.39, 0.29) is 5.78 Å². The Morgan fingerprint density at radius 3 is 2.72 bits per heavy atom. The maximum atomic E-state index is 13.1. The van der Waals surface area contributed by atoms with E-state index in [1.54, 1.807) is 13.2 Å². The largest absolute Gasteiger partial charge is 0.497 e. The van der Waals surface area contributed by atoms with Crippen molar-refractivity contribution >= 4 is 16.7 Å². The third-order valence-corrected chi connectivity index (χ3v) is 4.77. The minimum atomic E-state index is 0.0385. The Labute approximate surface area is 149 Å². The lowest BCUT2D eigenvalue weighted by atomic mass is 10.0. The van der Waals surface area contributed by atoms with Gasteiger partial charge in [-0.15, -0.1) is 0 Å². The van der Waals surface area contributed by atoms with Crippen LogP contribution in [0.2, 0.25) is 0 Å². The summed E-state index contributed by atoms with van der Waals surface area (Å²) in [4.78, 5) is 13.1. The van der Waals surface area contributed by atoms with Crippen LogP contribution in [0.25, 0.3) is 10.9 Å². The number of rotatable bonds is 7. The van der Waals surface area contributed by atoms with E-state index >= 15 is 0 Å². The van der Waals surface area contributed by atoms with Crippen molar-refractivity contribution in [2.24, 2.45) is 0 Å². The second-order valence-corrected chi connectivity index (χ2v) is 6.52. The SMILES string of the molecule is CCCCC(C)n1cc(C(=O)c2cccc(OC)c2)c2ccccc21. The van der Waals surface area contributed by atoms with E-state index in [9.17, 15) is 4.79 Å². The number of methoxy groups -OCH3 is 1. The van der Waals surface area contributed by atoms with Gasteiger partial charge in [-0.3, -0.25) is 4.79 Å². The first kappa shape index (κ1) is 17.3. The van der Waals surface area contributed by atoms with Crippen molar-refractivity contribution in [1.82, 2.24) is 4.57 Å². The number of fused-ring (bicyclic) bond motifs is 1. The lowest BCUT2D eigenvalue weighted by Crippen LogP contribution is -2.04. The van der Waals surface area contributed by atoms with Gasteiger partial charge in [0.2, 0.25) is 0 Å². The van der Waals surface area contributed by atoms with Gasteiger partial charge in [0.1, 0.15) is 5.75 Å². The van der Waals surface area contributed by atoms with E-state index in [2.05, 4.69) is 24.5 Å². The molecule has 0 aliphatic rings. The fraction of sp³-hybridized carbons (Fsp3) is 0.318. The summed E-state index contributed by atoms with van der Waals surface area (Å²) in [6, 6.07) is 15.9. The van der Waals surface area contributed by atoms with Crippen molar-refractivity contribution in [2.45, 2.75) is 39.2 Å². The van der Waals surface area contributed by atoms with Crippen LogP contribution in [0.1, 0.15) is 55.1 Å². The van der Waals surface area contributed by atoms with Crippen molar-refractivity contribution < 1.29 is 9.53 Å². The number of ketones is 1. The zero-order chi connectivity index (χ0) is 17.8. The molecule has 1 unspecified atom stereocenters. The summed E-state index contributed by atoms with van der Waals surface area (Å²) in [6.45, 7) is 4.43. The van der Waals surface area contributed by atoms with Gasteiger partial charge in [0, 0.05) is 34.3 Å². The lowest BCUT2D eigenvalue weighted by molar-refractivity contribution is 0.103. The van der Waals surface area contributed by atoms with Crippen molar-refractivity contribution in [3.05, 3.63) is 65.9 Å². The molecule has 0 fully saturated rings. The number of hydrogen-bond donors (Lipinski definition) is 0. The fourth-order valence-electron chi connectivity index (χ4n) is 3.31. The van der Waals surface area contributed by atoms with Gasteiger partial charge in [-0.2, -0.15) is 0 Å². The van der Waals surface area contributed by atoms with Crippen LogP contribution in [0.15, 0.2) is 54.7 Å². The highest BCUT2D eigenvalue weighted by molar-refractivity contribution is 6.16. The summed E-state index contributed by atoms with van der Waals surface area (Å²) in [5.74, 6) is 0.738. The number of carbonyl (C=O) groups is 1. The zero-order valence-corrected chi connectivity index (χ0v) is 15.2. The summed E-state index contributed by atoms with van der Waals surface area (Å²) in [6.07, 6.45) is 5.50. The molecule has 0 N–H and O–H groups in total. The zero-order valence-electron chi connectivity index (χ0n) is 15.2. The smallest absolute Gasteiger partial charge is 0.195 e. The molecule has 1 aromatic heterocycles. The quantitative estimate of drug-likeness (QED) is 0.524. The second kappa shape index (κ2) is 7.56. The molecule has 0 spiro atoms. The van der Waals surface area contributed by atoms with Crippen LogP contribution in [0.4, 0.5) is 0 Å². The molecule has 3 nitrogen and oxygen atoms in total. The van der Waals surface area contributed by atoms with Crippen molar-refractivity contribution in [3.63, 3.8) is 0 Å².